The van der Waals surface area contributed by atoms with E-state index in [1.165, 1.54) is 0 Å². The van der Waals surface area contributed by atoms with Crippen molar-refractivity contribution in [2.24, 2.45) is 0 Å². The van der Waals surface area contributed by atoms with Crippen LogP contribution in [-0.4, -0.2) is 32.1 Å². The number of aliphatic carboxylic acids is 2. The van der Waals surface area contributed by atoms with Gasteiger partial charge in [-0.2, -0.15) is 0 Å². The summed E-state index contributed by atoms with van der Waals surface area (Å²) in [5, 5.41) is 15.8. The van der Waals surface area contributed by atoms with E-state index in [1.807, 2.05) is 0 Å². The first-order chi connectivity index (χ1) is 6.52. The summed E-state index contributed by atoms with van der Waals surface area (Å²) in [4.78, 5) is 25.6. The first kappa shape index (κ1) is 11.9. The van der Waals surface area contributed by atoms with Crippen LogP contribution in [0.15, 0.2) is 12.4 Å². The van der Waals surface area contributed by atoms with Gasteiger partial charge in [0.1, 0.15) is 0 Å². The van der Waals surface area contributed by atoms with Crippen molar-refractivity contribution in [2.75, 3.05) is 5.73 Å². The van der Waals surface area contributed by atoms with E-state index in [0.29, 0.717) is 5.95 Å². The predicted molar refractivity (Wildman–Crippen MR) is 47.5 cm³/mol. The van der Waals surface area contributed by atoms with E-state index in [0.717, 1.165) is 0 Å². The van der Waals surface area contributed by atoms with Crippen molar-refractivity contribution in [3.05, 3.63) is 12.4 Å². The molecule has 5 N–H and O–H groups in total. The second-order valence-corrected chi connectivity index (χ2v) is 2.26. The zero-order valence-electron chi connectivity index (χ0n) is 7.30. The van der Waals surface area contributed by atoms with E-state index in [-0.39, 0.29) is 12.8 Å². The van der Waals surface area contributed by atoms with Crippen LogP contribution >= 0.6 is 0 Å². The van der Waals surface area contributed by atoms with Crippen molar-refractivity contribution in [3.63, 3.8) is 0 Å². The van der Waals surface area contributed by atoms with Gasteiger partial charge < -0.3 is 20.9 Å². The minimum absolute atomic E-state index is 0.296. The number of hydrogen-bond donors (Lipinski definition) is 4. The van der Waals surface area contributed by atoms with Crippen LogP contribution in [0.4, 0.5) is 5.95 Å². The molecule has 78 valence electrons. The highest BCUT2D eigenvalue weighted by molar-refractivity contribution is 5.75. The Kier molecular flexibility index (Phi) is 5.52. The molecule has 0 atom stereocenters. The summed E-state index contributed by atoms with van der Waals surface area (Å²) < 4.78 is 0. The molecule has 0 saturated carbocycles. The molecule has 1 aromatic heterocycles. The molecule has 0 radical (unpaired) electrons. The summed E-state index contributed by atoms with van der Waals surface area (Å²) in [5.74, 6) is -1.69. The smallest absolute Gasteiger partial charge is 0.303 e. The van der Waals surface area contributed by atoms with Crippen LogP contribution in [0, 0.1) is 0 Å². The van der Waals surface area contributed by atoms with Crippen molar-refractivity contribution in [1.82, 2.24) is 9.97 Å². The molecule has 1 aromatic rings. The fraction of sp³-hybridized carbons (Fsp3) is 0.286. The molecular formula is C7H11N3O4. The molecule has 0 aliphatic heterocycles. The van der Waals surface area contributed by atoms with Crippen LogP contribution in [0.25, 0.3) is 0 Å². The van der Waals surface area contributed by atoms with Gasteiger partial charge in [-0.25, -0.2) is 4.98 Å². The Morgan fingerprint density at radius 3 is 2.00 bits per heavy atom. The Bertz CT molecular complexity index is 269. The van der Waals surface area contributed by atoms with Crippen LogP contribution in [0.2, 0.25) is 0 Å². The number of H-pyrrole nitrogens is 1. The maximum atomic E-state index is 9.64. The number of carboxylic acid groups (broad SMARTS) is 2. The molecule has 0 bridgehead atoms. The standard InChI is InChI=1S/C4H6O4.C3H5N3/c5-3(6)1-2-4(7)8;4-3-5-1-2-6-3/h1-2H2,(H,5,6)(H,7,8);1-2H,(H3,4,5,6). The molecule has 0 unspecified atom stereocenters. The van der Waals surface area contributed by atoms with E-state index in [4.69, 9.17) is 15.9 Å². The van der Waals surface area contributed by atoms with Gasteiger partial charge >= 0.3 is 11.9 Å². The van der Waals surface area contributed by atoms with Crippen molar-refractivity contribution in [2.45, 2.75) is 12.8 Å². The van der Waals surface area contributed by atoms with Gasteiger partial charge in [-0.1, -0.05) is 0 Å². The van der Waals surface area contributed by atoms with Crippen molar-refractivity contribution >= 4 is 17.9 Å². The molecule has 0 aromatic carbocycles. The van der Waals surface area contributed by atoms with Gasteiger partial charge in [-0.05, 0) is 0 Å². The number of nitrogens with zero attached hydrogens (tertiary/aromatic N) is 1. The number of hydrogen-bond acceptors (Lipinski definition) is 4. The van der Waals surface area contributed by atoms with Crippen LogP contribution in [0.5, 0.6) is 0 Å². The number of carboxylic acids is 2. The Morgan fingerprint density at radius 2 is 1.86 bits per heavy atom. The zero-order chi connectivity index (χ0) is 11.0. The number of rotatable bonds is 3. The molecule has 7 heteroatoms. The van der Waals surface area contributed by atoms with Gasteiger partial charge in [0, 0.05) is 12.4 Å². The molecule has 0 fully saturated rings. The number of carbonyl (C=O) groups is 2. The van der Waals surface area contributed by atoms with Crippen LogP contribution in [0.1, 0.15) is 12.8 Å². The quantitative estimate of drug-likeness (QED) is 0.541. The lowest BCUT2D eigenvalue weighted by molar-refractivity contribution is -0.143. The van der Waals surface area contributed by atoms with Gasteiger partial charge in [0.15, 0.2) is 5.95 Å². The first-order valence-electron chi connectivity index (χ1n) is 3.71. The second kappa shape index (κ2) is 6.46. The van der Waals surface area contributed by atoms with Gasteiger partial charge in [0.05, 0.1) is 12.8 Å². The van der Waals surface area contributed by atoms with Gasteiger partial charge in [-0.15, -0.1) is 0 Å². The lowest BCUT2D eigenvalue weighted by atomic mass is 10.3. The maximum absolute atomic E-state index is 9.64. The molecule has 0 aliphatic rings. The largest absolute Gasteiger partial charge is 0.481 e. The Hall–Kier alpha value is -2.05. The Morgan fingerprint density at radius 1 is 1.36 bits per heavy atom. The first-order valence-corrected chi connectivity index (χ1v) is 3.71. The highest BCUT2D eigenvalue weighted by Gasteiger charge is 2.00. The maximum Gasteiger partial charge on any atom is 0.303 e. The molecular weight excluding hydrogens is 190 g/mol. The Balaban J connectivity index is 0.000000249. The van der Waals surface area contributed by atoms with Crippen LogP contribution < -0.4 is 5.73 Å². The van der Waals surface area contributed by atoms with Crippen molar-refractivity contribution < 1.29 is 19.8 Å². The van der Waals surface area contributed by atoms with E-state index in [9.17, 15) is 9.59 Å². The Labute approximate surface area is 79.6 Å². The van der Waals surface area contributed by atoms with Gasteiger partial charge in [0.25, 0.3) is 0 Å². The summed E-state index contributed by atoms with van der Waals surface area (Å²) in [6.07, 6.45) is 2.69. The summed E-state index contributed by atoms with van der Waals surface area (Å²) in [6.45, 7) is 0. The number of imidazole rings is 1. The molecule has 1 heterocycles. The average molecular weight is 201 g/mol. The molecule has 0 saturated heterocycles. The number of aromatic amines is 1. The lowest BCUT2D eigenvalue weighted by Crippen LogP contribution is -2.00. The summed E-state index contributed by atoms with van der Waals surface area (Å²) in [7, 11) is 0. The zero-order valence-corrected chi connectivity index (χ0v) is 7.30. The van der Waals surface area contributed by atoms with Crippen molar-refractivity contribution in [1.29, 1.82) is 0 Å². The van der Waals surface area contributed by atoms with E-state index < -0.39 is 11.9 Å². The predicted octanol–water partition coefficient (Wildman–Crippen LogP) is -0.0723. The number of anilines is 1. The average Bonchev–Trinajstić information content (AvgIpc) is 2.53. The van der Waals surface area contributed by atoms with E-state index in [1.54, 1.807) is 12.4 Å². The highest BCUT2D eigenvalue weighted by Crippen LogP contribution is 1.86. The fourth-order valence-electron chi connectivity index (χ4n) is 0.491. The normalized spacial score (nSPS) is 8.57. The SMILES string of the molecule is Nc1ncc[nH]1.O=C(O)CCC(=O)O. The second-order valence-electron chi connectivity index (χ2n) is 2.26. The summed E-state index contributed by atoms with van der Waals surface area (Å²) in [6, 6.07) is 0. The van der Waals surface area contributed by atoms with Gasteiger partial charge in [-0.3, -0.25) is 9.59 Å². The number of nitrogen functional groups attached to an aromatic ring is 1. The molecule has 0 aliphatic carbocycles. The minimum atomic E-state index is -1.08. The number of aromatic nitrogens is 2. The summed E-state index contributed by atoms with van der Waals surface area (Å²) >= 11 is 0. The molecule has 0 spiro atoms. The molecule has 14 heavy (non-hydrogen) atoms. The highest BCUT2D eigenvalue weighted by atomic mass is 16.4. The molecule has 1 rings (SSSR count). The van der Waals surface area contributed by atoms with E-state index >= 15 is 0 Å². The monoisotopic (exact) mass is 201 g/mol. The van der Waals surface area contributed by atoms with E-state index in [2.05, 4.69) is 9.97 Å². The third-order valence-corrected chi connectivity index (χ3v) is 1.07. The topological polar surface area (TPSA) is 129 Å². The van der Waals surface area contributed by atoms with Crippen molar-refractivity contribution in [3.8, 4) is 0 Å². The summed E-state index contributed by atoms with van der Waals surface area (Å²) in [5.41, 5.74) is 5.11. The van der Waals surface area contributed by atoms with Crippen LogP contribution in [0.3, 0.4) is 0 Å². The number of nitrogens with one attached hydrogen (secondary N) is 1. The molecule has 0 amide bonds. The number of nitrogens with two attached hydrogens (primary N) is 1. The fourth-order valence-corrected chi connectivity index (χ4v) is 0.491. The third kappa shape index (κ3) is 8.05. The van der Waals surface area contributed by atoms with Crippen LogP contribution in [-0.2, 0) is 9.59 Å². The third-order valence-electron chi connectivity index (χ3n) is 1.07. The minimum Gasteiger partial charge on any atom is -0.481 e. The van der Waals surface area contributed by atoms with Gasteiger partial charge in [0.2, 0.25) is 0 Å². The lowest BCUT2D eigenvalue weighted by Gasteiger charge is -1.85. The molecule has 7 nitrogen and oxygen atoms in total.